The lowest BCUT2D eigenvalue weighted by molar-refractivity contribution is 0.161. The van der Waals surface area contributed by atoms with Crippen LogP contribution in [0.1, 0.15) is 12.0 Å². The zero-order valence-corrected chi connectivity index (χ0v) is 12.4. The van der Waals surface area contributed by atoms with Crippen molar-refractivity contribution in [2.24, 2.45) is 5.92 Å². The van der Waals surface area contributed by atoms with Crippen LogP contribution in [-0.2, 0) is 10.6 Å². The summed E-state index contributed by atoms with van der Waals surface area (Å²) in [6.45, 7) is 2.88. The zero-order valence-electron chi connectivity index (χ0n) is 11.7. The number of rotatable bonds is 4. The number of hydrogen-bond donors (Lipinski definition) is 0. The monoisotopic (exact) mass is 290 g/mol. The van der Waals surface area contributed by atoms with E-state index in [1.54, 1.807) is 7.11 Å². The highest BCUT2D eigenvalue weighted by Gasteiger charge is 2.23. The van der Waals surface area contributed by atoms with E-state index in [9.17, 15) is 0 Å². The lowest BCUT2D eigenvalue weighted by Gasteiger charge is -2.19. The highest BCUT2D eigenvalue weighted by atomic mass is 35.5. The average Bonchev–Trinajstić information content (AvgIpc) is 2.95. The summed E-state index contributed by atoms with van der Waals surface area (Å²) >= 11 is 6.10. The molecule has 4 heteroatoms. The minimum Gasteiger partial charge on any atom is -0.384 e. The topological polar surface area (TPSA) is 25.4 Å². The number of methoxy groups -OCH3 is 1. The summed E-state index contributed by atoms with van der Waals surface area (Å²) < 4.78 is 5.26. The van der Waals surface area contributed by atoms with Gasteiger partial charge < -0.3 is 9.64 Å². The number of fused-ring (bicyclic) bond motifs is 1. The Kier molecular flexibility index (Phi) is 4.08. The van der Waals surface area contributed by atoms with E-state index in [4.69, 9.17) is 21.3 Å². The standard InChI is InChI=1S/C16H19ClN2O/c1-20-11-12-6-7-19(10-12)16-8-13(9-17)14-4-2-3-5-15(14)18-16/h2-5,8,12H,6-7,9-11H2,1H3. The minimum atomic E-state index is 0.519. The third-order valence-corrected chi connectivity index (χ3v) is 4.23. The van der Waals surface area contributed by atoms with Gasteiger partial charge >= 0.3 is 0 Å². The molecule has 1 aromatic heterocycles. The van der Waals surface area contributed by atoms with Crippen molar-refractivity contribution in [3.63, 3.8) is 0 Å². The molecule has 0 radical (unpaired) electrons. The first-order valence-electron chi connectivity index (χ1n) is 7.00. The number of alkyl halides is 1. The molecule has 106 valence electrons. The van der Waals surface area contributed by atoms with Crippen LogP contribution in [-0.4, -0.2) is 31.8 Å². The number of ether oxygens (including phenoxy) is 1. The van der Waals surface area contributed by atoms with Gasteiger partial charge in [0.15, 0.2) is 0 Å². The molecule has 0 aliphatic carbocycles. The van der Waals surface area contributed by atoms with E-state index in [0.717, 1.165) is 42.0 Å². The number of nitrogens with zero attached hydrogens (tertiary/aromatic N) is 2. The molecule has 0 bridgehead atoms. The van der Waals surface area contributed by atoms with Crippen LogP contribution in [0.2, 0.25) is 0 Å². The molecule has 0 N–H and O–H groups in total. The fourth-order valence-corrected chi connectivity index (χ4v) is 3.14. The molecule has 2 aromatic rings. The molecule has 1 saturated heterocycles. The second kappa shape index (κ2) is 5.98. The van der Waals surface area contributed by atoms with E-state index in [1.807, 2.05) is 12.1 Å². The first-order valence-corrected chi connectivity index (χ1v) is 7.53. The van der Waals surface area contributed by atoms with Crippen molar-refractivity contribution in [1.29, 1.82) is 0 Å². The first-order chi connectivity index (χ1) is 9.81. The van der Waals surface area contributed by atoms with Gasteiger partial charge in [-0.3, -0.25) is 0 Å². The summed E-state index contributed by atoms with van der Waals surface area (Å²) in [6, 6.07) is 10.3. The van der Waals surface area contributed by atoms with Crippen LogP contribution in [0.4, 0.5) is 5.82 Å². The molecule has 1 fully saturated rings. The molecule has 3 nitrogen and oxygen atoms in total. The lowest BCUT2D eigenvalue weighted by atomic mass is 10.1. The van der Waals surface area contributed by atoms with Crippen LogP contribution < -0.4 is 4.90 Å². The van der Waals surface area contributed by atoms with Crippen LogP contribution >= 0.6 is 11.6 Å². The Hall–Kier alpha value is -1.32. The number of anilines is 1. The van der Waals surface area contributed by atoms with Crippen molar-refractivity contribution in [3.05, 3.63) is 35.9 Å². The molecular formula is C16H19ClN2O. The van der Waals surface area contributed by atoms with Gasteiger partial charge in [0, 0.05) is 37.4 Å². The molecule has 20 heavy (non-hydrogen) atoms. The molecule has 1 unspecified atom stereocenters. The Balaban J connectivity index is 1.92. The number of para-hydroxylation sites is 1. The SMILES string of the molecule is COCC1CCN(c2cc(CCl)c3ccccc3n2)C1. The molecule has 1 atom stereocenters. The van der Waals surface area contributed by atoms with Gasteiger partial charge in [-0.25, -0.2) is 4.98 Å². The van der Waals surface area contributed by atoms with Gasteiger partial charge in [0.1, 0.15) is 5.82 Å². The summed E-state index contributed by atoms with van der Waals surface area (Å²) in [7, 11) is 1.77. The Bertz CT molecular complexity index is 602. The van der Waals surface area contributed by atoms with E-state index >= 15 is 0 Å². The Morgan fingerprint density at radius 1 is 1.40 bits per heavy atom. The van der Waals surface area contributed by atoms with Gasteiger partial charge in [-0.1, -0.05) is 18.2 Å². The summed E-state index contributed by atoms with van der Waals surface area (Å²) in [5.41, 5.74) is 2.18. The van der Waals surface area contributed by atoms with Crippen LogP contribution in [0, 0.1) is 5.92 Å². The Morgan fingerprint density at radius 2 is 2.25 bits per heavy atom. The Labute approximate surface area is 124 Å². The second-order valence-electron chi connectivity index (χ2n) is 5.35. The summed E-state index contributed by atoms with van der Waals surface area (Å²) in [5.74, 6) is 2.16. The van der Waals surface area contributed by atoms with Crippen molar-refractivity contribution in [2.75, 3.05) is 31.7 Å². The number of halogens is 1. The maximum absolute atomic E-state index is 6.10. The van der Waals surface area contributed by atoms with Crippen LogP contribution in [0.3, 0.4) is 0 Å². The summed E-state index contributed by atoms with van der Waals surface area (Å²) in [4.78, 5) is 7.13. The number of pyridine rings is 1. The lowest BCUT2D eigenvalue weighted by Crippen LogP contribution is -2.22. The normalized spacial score (nSPS) is 18.9. The van der Waals surface area contributed by atoms with E-state index in [-0.39, 0.29) is 0 Å². The van der Waals surface area contributed by atoms with E-state index < -0.39 is 0 Å². The van der Waals surface area contributed by atoms with E-state index in [0.29, 0.717) is 11.8 Å². The Morgan fingerprint density at radius 3 is 3.05 bits per heavy atom. The molecule has 0 saturated carbocycles. The first kappa shape index (κ1) is 13.7. The van der Waals surface area contributed by atoms with Gasteiger partial charge in [-0.2, -0.15) is 0 Å². The van der Waals surface area contributed by atoms with Gasteiger partial charge in [-0.05, 0) is 24.1 Å². The van der Waals surface area contributed by atoms with Crippen LogP contribution in [0.5, 0.6) is 0 Å². The molecule has 2 heterocycles. The molecule has 3 rings (SSSR count). The van der Waals surface area contributed by atoms with Crippen LogP contribution in [0.25, 0.3) is 10.9 Å². The number of aromatic nitrogens is 1. The third kappa shape index (κ3) is 2.60. The molecule has 1 aromatic carbocycles. The molecule has 1 aliphatic heterocycles. The van der Waals surface area contributed by atoms with Gasteiger partial charge in [-0.15, -0.1) is 11.6 Å². The molecular weight excluding hydrogens is 272 g/mol. The quantitative estimate of drug-likeness (QED) is 0.807. The van der Waals surface area contributed by atoms with Crippen molar-refractivity contribution in [2.45, 2.75) is 12.3 Å². The highest BCUT2D eigenvalue weighted by molar-refractivity contribution is 6.18. The van der Waals surface area contributed by atoms with Gasteiger partial charge in [0.2, 0.25) is 0 Å². The predicted octanol–water partition coefficient (Wildman–Crippen LogP) is 3.45. The molecule has 0 spiro atoms. The number of hydrogen-bond acceptors (Lipinski definition) is 3. The fraction of sp³-hybridized carbons (Fsp3) is 0.438. The van der Waals surface area contributed by atoms with Crippen molar-refractivity contribution in [1.82, 2.24) is 4.98 Å². The van der Waals surface area contributed by atoms with E-state index in [2.05, 4.69) is 23.1 Å². The zero-order chi connectivity index (χ0) is 13.9. The van der Waals surface area contributed by atoms with Gasteiger partial charge in [0.05, 0.1) is 12.1 Å². The maximum Gasteiger partial charge on any atom is 0.129 e. The van der Waals surface area contributed by atoms with E-state index in [1.165, 1.54) is 6.42 Å². The maximum atomic E-state index is 6.10. The highest BCUT2D eigenvalue weighted by Crippen LogP contribution is 2.28. The summed E-state index contributed by atoms with van der Waals surface area (Å²) in [6.07, 6.45) is 1.17. The van der Waals surface area contributed by atoms with Crippen molar-refractivity contribution in [3.8, 4) is 0 Å². The van der Waals surface area contributed by atoms with Gasteiger partial charge in [0.25, 0.3) is 0 Å². The third-order valence-electron chi connectivity index (χ3n) is 3.94. The summed E-state index contributed by atoms with van der Waals surface area (Å²) in [5, 5.41) is 1.15. The largest absolute Gasteiger partial charge is 0.384 e. The van der Waals surface area contributed by atoms with Crippen molar-refractivity contribution < 1.29 is 4.74 Å². The molecule has 0 amide bonds. The smallest absolute Gasteiger partial charge is 0.129 e. The van der Waals surface area contributed by atoms with Crippen LogP contribution in [0.15, 0.2) is 30.3 Å². The number of benzene rings is 1. The molecule has 1 aliphatic rings. The predicted molar refractivity (Wildman–Crippen MR) is 83.5 cm³/mol. The average molecular weight is 291 g/mol. The second-order valence-corrected chi connectivity index (χ2v) is 5.61. The fourth-order valence-electron chi connectivity index (χ4n) is 2.92. The minimum absolute atomic E-state index is 0.519. The van der Waals surface area contributed by atoms with Crippen molar-refractivity contribution >= 4 is 28.3 Å².